The maximum absolute atomic E-state index is 11.5. The molecule has 3 atom stereocenters. The van der Waals surface area contributed by atoms with Gasteiger partial charge < -0.3 is 4.74 Å². The molecule has 3 rings (SSSR count). The number of ether oxygens (including phenoxy) is 1. The van der Waals surface area contributed by atoms with Gasteiger partial charge in [0.25, 0.3) is 0 Å². The van der Waals surface area contributed by atoms with Crippen LogP contribution in [0.25, 0.3) is 0 Å². The Labute approximate surface area is 86.5 Å². The Morgan fingerprint density at radius 2 is 2.54 bits per heavy atom. The molecule has 72 valence electrons. The van der Waals surface area contributed by atoms with Gasteiger partial charge in [-0.3, -0.25) is 4.79 Å². The molecule has 0 amide bonds. The molecule has 0 saturated carbocycles. The second-order valence-corrected chi connectivity index (χ2v) is 5.10. The van der Waals surface area contributed by atoms with Crippen molar-refractivity contribution >= 4 is 21.9 Å². The fourth-order valence-electron chi connectivity index (χ4n) is 2.14. The standard InChI is InChI=1S/C10H13BrO2/c1-2-3-7-6-8-4-5-10(7,11)9(12)13-8/h4-5,7-8H,2-3,6H2,1H3/t7-,8+,10+/m1/s1. The summed E-state index contributed by atoms with van der Waals surface area (Å²) in [4.78, 5) is 11.5. The molecule has 0 aromatic carbocycles. The summed E-state index contributed by atoms with van der Waals surface area (Å²) in [5.41, 5.74) is 0. The molecular formula is C10H13BrO2. The molecule has 3 heteroatoms. The first-order chi connectivity index (χ1) is 6.16. The van der Waals surface area contributed by atoms with Crippen LogP contribution in [0.1, 0.15) is 26.2 Å². The second kappa shape index (κ2) is 3.12. The molecule has 2 bridgehead atoms. The maximum atomic E-state index is 11.5. The van der Waals surface area contributed by atoms with Gasteiger partial charge in [0.05, 0.1) is 0 Å². The van der Waals surface area contributed by atoms with Crippen LogP contribution in [0.4, 0.5) is 0 Å². The number of rotatable bonds is 2. The predicted molar refractivity (Wildman–Crippen MR) is 53.7 cm³/mol. The van der Waals surface area contributed by atoms with Gasteiger partial charge in [-0.05, 0) is 24.8 Å². The Bertz CT molecular complexity index is 262. The summed E-state index contributed by atoms with van der Waals surface area (Å²) in [6.45, 7) is 2.15. The minimum Gasteiger partial charge on any atom is -0.457 e. The van der Waals surface area contributed by atoms with E-state index in [-0.39, 0.29) is 12.1 Å². The summed E-state index contributed by atoms with van der Waals surface area (Å²) in [7, 11) is 0. The van der Waals surface area contributed by atoms with Crippen LogP contribution in [0.15, 0.2) is 12.2 Å². The first-order valence-electron chi connectivity index (χ1n) is 4.76. The number of hydrogen-bond acceptors (Lipinski definition) is 2. The molecule has 1 aliphatic carbocycles. The normalized spacial score (nSPS) is 42.2. The molecule has 0 radical (unpaired) electrons. The minimum absolute atomic E-state index is 0.0310. The zero-order chi connectivity index (χ0) is 9.47. The largest absolute Gasteiger partial charge is 0.457 e. The molecule has 0 aromatic rings. The summed E-state index contributed by atoms with van der Waals surface area (Å²) in [5, 5.41) is 0. The first kappa shape index (κ1) is 9.25. The average molecular weight is 245 g/mol. The van der Waals surface area contributed by atoms with Crippen molar-refractivity contribution in [3.63, 3.8) is 0 Å². The van der Waals surface area contributed by atoms with Gasteiger partial charge in [-0.2, -0.15) is 0 Å². The van der Waals surface area contributed by atoms with Crippen molar-refractivity contribution in [3.8, 4) is 0 Å². The van der Waals surface area contributed by atoms with E-state index in [9.17, 15) is 4.79 Å². The van der Waals surface area contributed by atoms with Gasteiger partial charge in [-0.1, -0.05) is 35.4 Å². The zero-order valence-corrected chi connectivity index (χ0v) is 9.21. The molecule has 2 aliphatic heterocycles. The highest BCUT2D eigenvalue weighted by Gasteiger charge is 2.50. The lowest BCUT2D eigenvalue weighted by Gasteiger charge is -2.42. The van der Waals surface area contributed by atoms with E-state index >= 15 is 0 Å². The van der Waals surface area contributed by atoms with Gasteiger partial charge in [0.1, 0.15) is 10.4 Å². The summed E-state index contributed by atoms with van der Waals surface area (Å²) in [6, 6.07) is 0. The van der Waals surface area contributed by atoms with E-state index in [2.05, 4.69) is 22.9 Å². The molecule has 0 spiro atoms. The monoisotopic (exact) mass is 244 g/mol. The molecule has 0 aromatic heterocycles. The second-order valence-electron chi connectivity index (χ2n) is 3.79. The summed E-state index contributed by atoms with van der Waals surface area (Å²) in [6.07, 6.45) is 7.16. The smallest absolute Gasteiger partial charge is 0.327 e. The van der Waals surface area contributed by atoms with Crippen molar-refractivity contribution in [2.75, 3.05) is 0 Å². The van der Waals surface area contributed by atoms with Gasteiger partial charge in [-0.15, -0.1) is 0 Å². The Morgan fingerprint density at radius 1 is 1.77 bits per heavy atom. The third-order valence-corrected chi connectivity index (χ3v) is 4.11. The van der Waals surface area contributed by atoms with Gasteiger partial charge in [-0.25, -0.2) is 0 Å². The topological polar surface area (TPSA) is 26.3 Å². The lowest BCUT2D eigenvalue weighted by atomic mass is 9.77. The lowest BCUT2D eigenvalue weighted by molar-refractivity contribution is -0.157. The molecule has 1 fully saturated rings. The predicted octanol–water partition coefficient (Wildman–Crippen LogP) is 2.42. The fraction of sp³-hybridized carbons (Fsp3) is 0.700. The molecule has 2 heterocycles. The van der Waals surface area contributed by atoms with E-state index in [1.807, 2.05) is 12.2 Å². The lowest BCUT2D eigenvalue weighted by Crippen LogP contribution is -2.50. The van der Waals surface area contributed by atoms with Crippen LogP contribution in [0.3, 0.4) is 0 Å². The highest BCUT2D eigenvalue weighted by Crippen LogP contribution is 2.45. The van der Waals surface area contributed by atoms with Crippen molar-refractivity contribution in [1.82, 2.24) is 0 Å². The molecule has 0 unspecified atom stereocenters. The molecule has 13 heavy (non-hydrogen) atoms. The highest BCUT2D eigenvalue weighted by atomic mass is 79.9. The number of fused-ring (bicyclic) bond motifs is 2. The third kappa shape index (κ3) is 1.33. The Balaban J connectivity index is 2.26. The van der Waals surface area contributed by atoms with E-state index in [0.717, 1.165) is 19.3 Å². The number of esters is 1. The molecular weight excluding hydrogens is 232 g/mol. The zero-order valence-electron chi connectivity index (χ0n) is 7.63. The van der Waals surface area contributed by atoms with Gasteiger partial charge >= 0.3 is 5.97 Å². The van der Waals surface area contributed by atoms with E-state index in [4.69, 9.17) is 4.74 Å². The van der Waals surface area contributed by atoms with E-state index in [1.54, 1.807) is 0 Å². The Kier molecular flexibility index (Phi) is 2.22. The molecule has 3 aliphatic rings. The number of carbonyl (C=O) groups excluding carboxylic acids is 1. The fourth-order valence-corrected chi connectivity index (χ4v) is 2.80. The Morgan fingerprint density at radius 3 is 3.15 bits per heavy atom. The highest BCUT2D eigenvalue weighted by molar-refractivity contribution is 9.10. The molecule has 0 N–H and O–H groups in total. The van der Waals surface area contributed by atoms with Crippen LogP contribution in [0.5, 0.6) is 0 Å². The van der Waals surface area contributed by atoms with Crippen LogP contribution >= 0.6 is 15.9 Å². The van der Waals surface area contributed by atoms with E-state index < -0.39 is 4.32 Å². The van der Waals surface area contributed by atoms with Crippen LogP contribution < -0.4 is 0 Å². The van der Waals surface area contributed by atoms with Crippen LogP contribution in [0, 0.1) is 5.92 Å². The number of halogens is 1. The summed E-state index contributed by atoms with van der Waals surface area (Å²) in [5.74, 6) is 0.304. The average Bonchev–Trinajstić information content (AvgIpc) is 2.09. The minimum atomic E-state index is -0.516. The number of hydrogen-bond donors (Lipinski definition) is 0. The van der Waals surface area contributed by atoms with E-state index in [0.29, 0.717) is 5.92 Å². The maximum Gasteiger partial charge on any atom is 0.327 e. The third-order valence-electron chi connectivity index (χ3n) is 2.87. The van der Waals surface area contributed by atoms with Crippen molar-refractivity contribution < 1.29 is 9.53 Å². The van der Waals surface area contributed by atoms with Crippen molar-refractivity contribution in [2.24, 2.45) is 5.92 Å². The molecule has 1 saturated heterocycles. The number of alkyl halides is 1. The SMILES string of the molecule is CCC[C@@H]1C[C@@H]2C=C[C@@]1(Br)C(=O)O2. The Hall–Kier alpha value is -0.310. The van der Waals surface area contributed by atoms with Crippen molar-refractivity contribution in [3.05, 3.63) is 12.2 Å². The summed E-state index contributed by atoms with van der Waals surface area (Å²) >= 11 is 3.50. The van der Waals surface area contributed by atoms with Crippen molar-refractivity contribution in [2.45, 2.75) is 36.6 Å². The van der Waals surface area contributed by atoms with Gasteiger partial charge in [0, 0.05) is 0 Å². The van der Waals surface area contributed by atoms with Crippen LogP contribution in [-0.2, 0) is 9.53 Å². The first-order valence-corrected chi connectivity index (χ1v) is 5.55. The quantitative estimate of drug-likeness (QED) is 0.424. The number of carbonyl (C=O) groups is 1. The molecule has 2 nitrogen and oxygen atoms in total. The van der Waals surface area contributed by atoms with Gasteiger partial charge in [0.15, 0.2) is 0 Å². The summed E-state index contributed by atoms with van der Waals surface area (Å²) < 4.78 is 4.68. The van der Waals surface area contributed by atoms with Crippen molar-refractivity contribution in [1.29, 1.82) is 0 Å². The van der Waals surface area contributed by atoms with Gasteiger partial charge in [0.2, 0.25) is 0 Å². The van der Waals surface area contributed by atoms with Crippen LogP contribution in [-0.4, -0.2) is 16.4 Å². The van der Waals surface area contributed by atoms with Crippen LogP contribution in [0.2, 0.25) is 0 Å². The van der Waals surface area contributed by atoms with E-state index in [1.165, 1.54) is 0 Å².